The Bertz CT molecular complexity index is 566. The lowest BCUT2D eigenvalue weighted by Crippen LogP contribution is -2.31. The molecule has 1 aromatic carbocycles. The SMILES string of the molecule is C[C@H](/C=C/S(C)(=O)=O)NC(=O)c1ccccc1F. The van der Waals surface area contributed by atoms with Gasteiger partial charge in [0.2, 0.25) is 0 Å². The van der Waals surface area contributed by atoms with Gasteiger partial charge in [0.05, 0.1) is 5.56 Å². The highest BCUT2D eigenvalue weighted by atomic mass is 32.2. The smallest absolute Gasteiger partial charge is 0.254 e. The molecule has 1 rings (SSSR count). The number of rotatable bonds is 4. The summed E-state index contributed by atoms with van der Waals surface area (Å²) in [6.07, 6.45) is 2.38. The van der Waals surface area contributed by atoms with Crippen molar-refractivity contribution >= 4 is 15.7 Å². The molecule has 0 unspecified atom stereocenters. The van der Waals surface area contributed by atoms with Crippen LogP contribution in [0.1, 0.15) is 17.3 Å². The summed E-state index contributed by atoms with van der Waals surface area (Å²) in [5.41, 5.74) is -0.0721. The Morgan fingerprint density at radius 2 is 2.00 bits per heavy atom. The van der Waals surface area contributed by atoms with Crippen LogP contribution < -0.4 is 5.32 Å². The molecule has 0 radical (unpaired) electrons. The van der Waals surface area contributed by atoms with Crippen molar-refractivity contribution in [1.82, 2.24) is 5.32 Å². The highest BCUT2D eigenvalue weighted by Crippen LogP contribution is 2.06. The fourth-order valence-corrected chi connectivity index (χ4v) is 1.76. The second-order valence-electron chi connectivity index (χ2n) is 3.90. The molecule has 0 aliphatic heterocycles. The molecule has 6 heteroatoms. The van der Waals surface area contributed by atoms with E-state index >= 15 is 0 Å². The van der Waals surface area contributed by atoms with E-state index in [0.717, 1.165) is 11.7 Å². The molecule has 0 heterocycles. The number of halogens is 1. The van der Waals surface area contributed by atoms with Crippen LogP contribution in [0, 0.1) is 5.82 Å². The average molecular weight is 271 g/mol. The first kappa shape index (κ1) is 14.4. The molecule has 0 aromatic heterocycles. The van der Waals surface area contributed by atoms with Crippen LogP contribution in [0.15, 0.2) is 35.7 Å². The Morgan fingerprint density at radius 1 is 1.39 bits per heavy atom. The molecule has 1 amide bonds. The van der Waals surface area contributed by atoms with Crippen LogP contribution in [0.2, 0.25) is 0 Å². The second kappa shape index (κ2) is 5.77. The molecule has 0 aliphatic rings. The first-order valence-corrected chi connectivity index (χ1v) is 7.19. The van der Waals surface area contributed by atoms with Gasteiger partial charge in [-0.15, -0.1) is 0 Å². The van der Waals surface area contributed by atoms with E-state index in [1.165, 1.54) is 24.3 Å². The van der Waals surface area contributed by atoms with Crippen LogP contribution in [0.4, 0.5) is 4.39 Å². The summed E-state index contributed by atoms with van der Waals surface area (Å²) >= 11 is 0. The maximum absolute atomic E-state index is 13.3. The van der Waals surface area contributed by atoms with Crippen LogP contribution >= 0.6 is 0 Å². The number of carbonyl (C=O) groups excluding carboxylic acids is 1. The summed E-state index contributed by atoms with van der Waals surface area (Å²) in [5, 5.41) is 3.48. The first-order valence-electron chi connectivity index (χ1n) is 5.23. The highest BCUT2D eigenvalue weighted by molar-refractivity contribution is 7.93. The Hall–Kier alpha value is -1.69. The largest absolute Gasteiger partial charge is 0.346 e. The first-order chi connectivity index (χ1) is 8.29. The molecule has 0 saturated carbocycles. The molecule has 4 nitrogen and oxygen atoms in total. The van der Waals surface area contributed by atoms with Crippen molar-refractivity contribution in [2.24, 2.45) is 0 Å². The summed E-state index contributed by atoms with van der Waals surface area (Å²) in [4.78, 5) is 11.7. The van der Waals surface area contributed by atoms with Crippen molar-refractivity contribution in [3.8, 4) is 0 Å². The molecule has 1 atom stereocenters. The second-order valence-corrected chi connectivity index (χ2v) is 5.83. The lowest BCUT2D eigenvalue weighted by molar-refractivity contribution is 0.0943. The monoisotopic (exact) mass is 271 g/mol. The van der Waals surface area contributed by atoms with Gasteiger partial charge < -0.3 is 5.32 Å². The van der Waals surface area contributed by atoms with Gasteiger partial charge in [-0.25, -0.2) is 12.8 Å². The van der Waals surface area contributed by atoms with Gasteiger partial charge in [0.1, 0.15) is 5.82 Å². The van der Waals surface area contributed by atoms with Crippen LogP contribution in [0.3, 0.4) is 0 Å². The molecule has 0 spiro atoms. The van der Waals surface area contributed by atoms with Crippen molar-refractivity contribution in [3.05, 3.63) is 47.1 Å². The van der Waals surface area contributed by atoms with Crippen LogP contribution in [-0.2, 0) is 9.84 Å². The average Bonchev–Trinajstić information content (AvgIpc) is 2.26. The molecule has 0 aliphatic carbocycles. The van der Waals surface area contributed by atoms with Crippen molar-refractivity contribution in [2.45, 2.75) is 13.0 Å². The number of carbonyl (C=O) groups is 1. The number of benzene rings is 1. The number of amides is 1. The quantitative estimate of drug-likeness (QED) is 0.902. The van der Waals surface area contributed by atoms with Crippen molar-refractivity contribution in [1.29, 1.82) is 0 Å². The minimum atomic E-state index is -3.23. The lowest BCUT2D eigenvalue weighted by atomic mass is 10.2. The van der Waals surface area contributed by atoms with Gasteiger partial charge in [-0.1, -0.05) is 18.2 Å². The molecular weight excluding hydrogens is 257 g/mol. The van der Waals surface area contributed by atoms with Gasteiger partial charge in [-0.3, -0.25) is 4.79 Å². The minimum Gasteiger partial charge on any atom is -0.346 e. The van der Waals surface area contributed by atoms with E-state index in [9.17, 15) is 17.6 Å². The molecule has 0 fully saturated rings. The summed E-state index contributed by atoms with van der Waals surface area (Å²) in [6, 6.07) is 5.07. The van der Waals surface area contributed by atoms with Crippen molar-refractivity contribution < 1.29 is 17.6 Å². The van der Waals surface area contributed by atoms with E-state index in [-0.39, 0.29) is 5.56 Å². The van der Waals surface area contributed by atoms with Crippen LogP contribution in [0.25, 0.3) is 0 Å². The van der Waals surface area contributed by atoms with Gasteiger partial charge in [0.15, 0.2) is 9.84 Å². The summed E-state index contributed by atoms with van der Waals surface area (Å²) in [6.45, 7) is 1.60. The maximum Gasteiger partial charge on any atom is 0.254 e. The highest BCUT2D eigenvalue weighted by Gasteiger charge is 2.12. The Morgan fingerprint density at radius 3 is 2.56 bits per heavy atom. The molecular formula is C12H14FNO3S. The van der Waals surface area contributed by atoms with Crippen LogP contribution in [0.5, 0.6) is 0 Å². The Labute approximate surface area is 105 Å². The van der Waals surface area contributed by atoms with E-state index in [2.05, 4.69) is 5.32 Å². The number of nitrogens with one attached hydrogen (secondary N) is 1. The van der Waals surface area contributed by atoms with Gasteiger partial charge in [-0.2, -0.15) is 0 Å². The van der Waals surface area contributed by atoms with E-state index in [1.54, 1.807) is 13.0 Å². The minimum absolute atomic E-state index is 0.0721. The summed E-state index contributed by atoms with van der Waals surface area (Å²) < 4.78 is 35.1. The topological polar surface area (TPSA) is 63.2 Å². The predicted molar refractivity (Wildman–Crippen MR) is 67.3 cm³/mol. The fraction of sp³-hybridized carbons (Fsp3) is 0.250. The third kappa shape index (κ3) is 4.67. The normalized spacial score (nSPS) is 13.5. The summed E-state index contributed by atoms with van der Waals surface area (Å²) in [5.74, 6) is -1.20. The number of hydrogen-bond donors (Lipinski definition) is 1. The predicted octanol–water partition coefficient (Wildman–Crippen LogP) is 1.50. The zero-order valence-corrected chi connectivity index (χ0v) is 10.9. The molecule has 98 valence electrons. The van der Waals surface area contributed by atoms with E-state index in [1.807, 2.05) is 0 Å². The molecule has 0 bridgehead atoms. The Kier molecular flexibility index (Phi) is 4.61. The zero-order valence-electron chi connectivity index (χ0n) is 10.1. The lowest BCUT2D eigenvalue weighted by Gasteiger charge is -2.09. The summed E-state index contributed by atoms with van der Waals surface area (Å²) in [7, 11) is -3.23. The van der Waals surface area contributed by atoms with Crippen molar-refractivity contribution in [3.63, 3.8) is 0 Å². The third-order valence-electron chi connectivity index (χ3n) is 2.09. The van der Waals surface area contributed by atoms with Crippen LogP contribution in [-0.4, -0.2) is 26.6 Å². The maximum atomic E-state index is 13.3. The van der Waals surface area contributed by atoms with E-state index in [4.69, 9.17) is 0 Å². The number of sulfone groups is 1. The van der Waals surface area contributed by atoms with Gasteiger partial charge >= 0.3 is 0 Å². The van der Waals surface area contributed by atoms with Gasteiger partial charge in [0.25, 0.3) is 5.91 Å². The standard InChI is InChI=1S/C12H14FNO3S/c1-9(7-8-18(2,16)17)14-12(15)10-5-3-4-6-11(10)13/h3-9H,1-2H3,(H,14,15)/b8-7+/t9-/m1/s1. The van der Waals surface area contributed by atoms with E-state index in [0.29, 0.717) is 0 Å². The molecule has 1 aromatic rings. The Balaban J connectivity index is 2.72. The van der Waals surface area contributed by atoms with Gasteiger partial charge in [-0.05, 0) is 19.1 Å². The fourth-order valence-electron chi connectivity index (χ4n) is 1.24. The van der Waals surface area contributed by atoms with Gasteiger partial charge in [0, 0.05) is 17.7 Å². The third-order valence-corrected chi connectivity index (χ3v) is 2.74. The van der Waals surface area contributed by atoms with Crippen molar-refractivity contribution in [2.75, 3.05) is 6.26 Å². The zero-order chi connectivity index (χ0) is 13.8. The molecule has 18 heavy (non-hydrogen) atoms. The molecule has 0 saturated heterocycles. The van der Waals surface area contributed by atoms with E-state index < -0.39 is 27.6 Å². The molecule has 1 N–H and O–H groups in total. The number of hydrogen-bond acceptors (Lipinski definition) is 3.